The average molecular weight is 327 g/mol. The third-order valence-corrected chi connectivity index (χ3v) is 3.61. The number of alkyl halides is 3. The van der Waals surface area contributed by atoms with Crippen molar-refractivity contribution in [1.29, 1.82) is 0 Å². The third kappa shape index (κ3) is 2.39. The largest absolute Gasteiger partial charge is 0.481 e. The quantitative estimate of drug-likeness (QED) is 0.682. The first-order valence-corrected chi connectivity index (χ1v) is 6.67. The molecule has 0 aliphatic carbocycles. The van der Waals surface area contributed by atoms with E-state index >= 15 is 0 Å². The van der Waals surface area contributed by atoms with Crippen LogP contribution < -0.4 is 4.74 Å². The maximum atomic E-state index is 12.7. The van der Waals surface area contributed by atoms with Crippen molar-refractivity contribution in [3.05, 3.63) is 53.3 Å². The van der Waals surface area contributed by atoms with Gasteiger partial charge in [-0.2, -0.15) is 13.2 Å². The molecule has 0 amide bonds. The highest BCUT2D eigenvalue weighted by molar-refractivity contribution is 6.32. The summed E-state index contributed by atoms with van der Waals surface area (Å²) in [6.07, 6.45) is -1.15. The van der Waals surface area contributed by atoms with E-state index in [0.29, 0.717) is 11.6 Å². The zero-order valence-electron chi connectivity index (χ0n) is 11.4. The summed E-state index contributed by atoms with van der Waals surface area (Å²) in [7, 11) is 1.50. The molecule has 0 bridgehead atoms. The Morgan fingerprint density at radius 2 is 1.95 bits per heavy atom. The number of halogens is 4. The second-order valence-electron chi connectivity index (χ2n) is 4.60. The fourth-order valence-corrected chi connectivity index (χ4v) is 2.56. The van der Waals surface area contributed by atoms with Gasteiger partial charge in [0.25, 0.3) is 0 Å². The number of methoxy groups -OCH3 is 1. The van der Waals surface area contributed by atoms with Crippen LogP contribution in [0.5, 0.6) is 5.88 Å². The monoisotopic (exact) mass is 326 g/mol. The molecule has 0 N–H and O–H groups in total. The lowest BCUT2D eigenvalue weighted by Crippen LogP contribution is -2.05. The first-order valence-electron chi connectivity index (χ1n) is 6.29. The Balaban J connectivity index is 2.16. The van der Waals surface area contributed by atoms with Crippen LogP contribution in [0, 0.1) is 0 Å². The van der Waals surface area contributed by atoms with Crippen LogP contribution >= 0.6 is 11.6 Å². The molecule has 22 heavy (non-hydrogen) atoms. The van der Waals surface area contributed by atoms with E-state index in [1.807, 2.05) is 0 Å². The molecule has 2 heterocycles. The second kappa shape index (κ2) is 5.21. The van der Waals surface area contributed by atoms with Gasteiger partial charge in [0.1, 0.15) is 0 Å². The Kier molecular flexibility index (Phi) is 3.48. The van der Waals surface area contributed by atoms with E-state index in [-0.39, 0.29) is 5.02 Å². The number of aromatic nitrogens is 2. The molecule has 114 valence electrons. The first kappa shape index (κ1) is 14.7. The molecule has 0 fully saturated rings. The number of hydrogen-bond donors (Lipinski definition) is 0. The number of ether oxygens (including phenoxy) is 1. The van der Waals surface area contributed by atoms with Gasteiger partial charge in [-0.05, 0) is 30.3 Å². The van der Waals surface area contributed by atoms with Gasteiger partial charge in [0, 0.05) is 12.4 Å². The van der Waals surface area contributed by atoms with Gasteiger partial charge in [0.15, 0.2) is 0 Å². The molecule has 7 heteroatoms. The van der Waals surface area contributed by atoms with Crippen LogP contribution in [0.15, 0.2) is 42.7 Å². The minimum absolute atomic E-state index is 0.0168. The average Bonchev–Trinajstić information content (AvgIpc) is 2.90. The van der Waals surface area contributed by atoms with Crippen molar-refractivity contribution in [1.82, 2.24) is 9.55 Å². The number of rotatable bonds is 2. The number of fused-ring (bicyclic) bond motifs is 1. The maximum absolute atomic E-state index is 12.7. The number of nitrogens with zero attached hydrogens (tertiary/aromatic N) is 2. The molecular weight excluding hydrogens is 317 g/mol. The fourth-order valence-electron chi connectivity index (χ4n) is 2.29. The summed E-state index contributed by atoms with van der Waals surface area (Å²) in [5.41, 5.74) is 0.420. The molecule has 0 unspecified atom stereocenters. The Morgan fingerprint density at radius 1 is 1.18 bits per heavy atom. The normalized spacial score (nSPS) is 11.9. The Hall–Kier alpha value is -2.21. The lowest BCUT2D eigenvalue weighted by Gasteiger charge is -2.12. The van der Waals surface area contributed by atoms with E-state index in [9.17, 15) is 13.2 Å². The summed E-state index contributed by atoms with van der Waals surface area (Å²) >= 11 is 6.03. The molecule has 0 atom stereocenters. The van der Waals surface area contributed by atoms with E-state index in [0.717, 1.165) is 23.0 Å². The van der Waals surface area contributed by atoms with Gasteiger partial charge < -0.3 is 9.30 Å². The highest BCUT2D eigenvalue weighted by Gasteiger charge is 2.31. The Labute approximate surface area is 128 Å². The zero-order valence-corrected chi connectivity index (χ0v) is 12.1. The number of benzene rings is 1. The van der Waals surface area contributed by atoms with Crippen LogP contribution in [-0.2, 0) is 6.18 Å². The van der Waals surface area contributed by atoms with Crippen LogP contribution in [0.1, 0.15) is 5.56 Å². The highest BCUT2D eigenvalue weighted by Crippen LogP contribution is 2.35. The Morgan fingerprint density at radius 3 is 2.59 bits per heavy atom. The van der Waals surface area contributed by atoms with Crippen molar-refractivity contribution in [2.24, 2.45) is 0 Å². The maximum Gasteiger partial charge on any atom is 0.416 e. The smallest absolute Gasteiger partial charge is 0.416 e. The summed E-state index contributed by atoms with van der Waals surface area (Å²) < 4.78 is 45.0. The highest BCUT2D eigenvalue weighted by atomic mass is 35.5. The van der Waals surface area contributed by atoms with Crippen molar-refractivity contribution in [3.63, 3.8) is 0 Å². The predicted molar refractivity (Wildman–Crippen MR) is 77.6 cm³/mol. The van der Waals surface area contributed by atoms with E-state index in [4.69, 9.17) is 16.3 Å². The van der Waals surface area contributed by atoms with E-state index in [2.05, 4.69) is 4.98 Å². The zero-order chi connectivity index (χ0) is 15.9. The molecule has 1 aromatic carbocycles. The van der Waals surface area contributed by atoms with Crippen LogP contribution in [0.2, 0.25) is 5.02 Å². The van der Waals surface area contributed by atoms with Gasteiger partial charge in [-0.3, -0.25) is 0 Å². The van der Waals surface area contributed by atoms with Crippen LogP contribution in [0.25, 0.3) is 16.6 Å². The summed E-state index contributed by atoms with van der Waals surface area (Å²) in [5.74, 6) is 0.444. The van der Waals surface area contributed by atoms with Crippen LogP contribution in [0.4, 0.5) is 13.2 Å². The molecule has 0 radical (unpaired) electrons. The van der Waals surface area contributed by atoms with E-state index in [1.54, 1.807) is 29.1 Å². The minimum Gasteiger partial charge on any atom is -0.481 e. The number of pyridine rings is 1. The van der Waals surface area contributed by atoms with Crippen molar-refractivity contribution >= 4 is 22.5 Å². The SMILES string of the molecule is COc1nccc2c1ccn2-c1ccc(C(F)(F)F)cc1Cl. The summed E-state index contributed by atoms with van der Waals surface area (Å²) in [6.45, 7) is 0. The van der Waals surface area contributed by atoms with E-state index < -0.39 is 11.7 Å². The molecule has 0 saturated carbocycles. The molecular formula is C15H10ClF3N2O. The molecule has 0 aliphatic rings. The van der Waals surface area contributed by atoms with Gasteiger partial charge in [-0.1, -0.05) is 11.6 Å². The van der Waals surface area contributed by atoms with Gasteiger partial charge in [0.05, 0.1) is 34.3 Å². The molecule has 0 spiro atoms. The molecule has 3 aromatic rings. The minimum atomic E-state index is -4.42. The topological polar surface area (TPSA) is 27.1 Å². The summed E-state index contributed by atoms with van der Waals surface area (Å²) in [6, 6.07) is 6.78. The third-order valence-electron chi connectivity index (χ3n) is 3.31. The molecule has 0 saturated heterocycles. The first-order chi connectivity index (χ1) is 10.4. The van der Waals surface area contributed by atoms with Crippen molar-refractivity contribution < 1.29 is 17.9 Å². The fraction of sp³-hybridized carbons (Fsp3) is 0.133. The molecule has 3 rings (SSSR count). The van der Waals surface area contributed by atoms with Crippen LogP contribution in [-0.4, -0.2) is 16.7 Å². The van der Waals surface area contributed by atoms with Gasteiger partial charge in [0.2, 0.25) is 5.88 Å². The lowest BCUT2D eigenvalue weighted by atomic mass is 10.2. The van der Waals surface area contributed by atoms with Crippen molar-refractivity contribution in [2.75, 3.05) is 7.11 Å². The van der Waals surface area contributed by atoms with Gasteiger partial charge >= 0.3 is 6.18 Å². The van der Waals surface area contributed by atoms with Gasteiger partial charge in [-0.15, -0.1) is 0 Å². The summed E-state index contributed by atoms with van der Waals surface area (Å²) in [4.78, 5) is 4.08. The standard InChI is InChI=1S/C15H10ClF3N2O/c1-22-14-10-5-7-21(12(10)4-6-20-14)13-3-2-9(8-11(13)16)15(17,18)19/h2-8H,1H3. The summed E-state index contributed by atoms with van der Waals surface area (Å²) in [5, 5.41) is 0.768. The molecule has 2 aromatic heterocycles. The van der Waals surface area contributed by atoms with Crippen LogP contribution in [0.3, 0.4) is 0 Å². The Bertz CT molecular complexity index is 842. The van der Waals surface area contributed by atoms with Crippen molar-refractivity contribution in [2.45, 2.75) is 6.18 Å². The second-order valence-corrected chi connectivity index (χ2v) is 5.01. The molecule has 3 nitrogen and oxygen atoms in total. The van der Waals surface area contributed by atoms with Gasteiger partial charge in [-0.25, -0.2) is 4.98 Å². The predicted octanol–water partition coefficient (Wildman–Crippen LogP) is 4.71. The molecule has 0 aliphatic heterocycles. The lowest BCUT2D eigenvalue weighted by molar-refractivity contribution is -0.137. The number of hydrogen-bond acceptors (Lipinski definition) is 2. The van der Waals surface area contributed by atoms with E-state index in [1.165, 1.54) is 13.2 Å². The van der Waals surface area contributed by atoms with Crippen molar-refractivity contribution in [3.8, 4) is 11.6 Å².